The quantitative estimate of drug-likeness (QED) is 0.459. The largest absolute Gasteiger partial charge is 0.450 e. The van der Waals surface area contributed by atoms with Gasteiger partial charge in [-0.15, -0.1) is 0 Å². The maximum Gasteiger partial charge on any atom is 0.335 e. The number of amides is 4. The molecule has 0 aliphatic carbocycles. The van der Waals surface area contributed by atoms with Gasteiger partial charge in [0.1, 0.15) is 17.2 Å². The molecule has 0 unspecified atom stereocenters. The summed E-state index contributed by atoms with van der Waals surface area (Å²) < 4.78 is 18.8. The fraction of sp³-hybridized carbons (Fsp3) is 0. The number of imide groups is 2. The Hall–Kier alpha value is -3.36. The summed E-state index contributed by atoms with van der Waals surface area (Å²) >= 11 is 7.21. The third-order valence-electron chi connectivity index (χ3n) is 4.11. The van der Waals surface area contributed by atoms with E-state index in [1.165, 1.54) is 30.0 Å². The summed E-state index contributed by atoms with van der Waals surface area (Å²) in [4.78, 5) is 38.8. The Balaban J connectivity index is 1.59. The van der Waals surface area contributed by atoms with E-state index in [9.17, 15) is 18.8 Å². The normalized spacial score (nSPS) is 15.6. The highest BCUT2D eigenvalue weighted by Crippen LogP contribution is 2.31. The molecule has 6 nitrogen and oxygen atoms in total. The number of furan rings is 1. The second kappa shape index (κ2) is 8.17. The van der Waals surface area contributed by atoms with Crippen molar-refractivity contribution in [2.24, 2.45) is 0 Å². The first-order valence-corrected chi connectivity index (χ1v) is 9.80. The van der Waals surface area contributed by atoms with Gasteiger partial charge in [-0.05, 0) is 66.7 Å². The maximum absolute atomic E-state index is 13.2. The zero-order chi connectivity index (χ0) is 21.3. The highest BCUT2D eigenvalue weighted by molar-refractivity contribution is 7.99. The summed E-state index contributed by atoms with van der Waals surface area (Å²) in [5, 5.41) is 3.26. The molecule has 4 rings (SSSR count). The lowest BCUT2D eigenvalue weighted by atomic mass is 10.1. The predicted octanol–water partition coefficient (Wildman–Crippen LogP) is 4.89. The molecule has 0 bridgehead atoms. The molecule has 0 atom stereocenters. The van der Waals surface area contributed by atoms with E-state index in [0.29, 0.717) is 10.1 Å². The number of barbiturate groups is 1. The van der Waals surface area contributed by atoms with Crippen LogP contribution in [0.25, 0.3) is 6.08 Å². The van der Waals surface area contributed by atoms with Crippen LogP contribution >= 0.6 is 23.4 Å². The van der Waals surface area contributed by atoms with Crippen molar-refractivity contribution in [3.8, 4) is 0 Å². The first kappa shape index (κ1) is 19.9. The SMILES string of the molecule is O=C1NC(=O)N(c2ccc(F)cc2)C(=O)/C1=C/c1ccc(Sc2ccc(Cl)cc2)o1. The first-order valence-electron chi connectivity index (χ1n) is 8.61. The second-order valence-electron chi connectivity index (χ2n) is 6.15. The number of urea groups is 1. The summed E-state index contributed by atoms with van der Waals surface area (Å²) in [7, 11) is 0. The van der Waals surface area contributed by atoms with Gasteiger partial charge in [0.2, 0.25) is 0 Å². The van der Waals surface area contributed by atoms with E-state index in [2.05, 4.69) is 5.32 Å². The van der Waals surface area contributed by atoms with Gasteiger partial charge in [-0.2, -0.15) is 0 Å². The summed E-state index contributed by atoms with van der Waals surface area (Å²) in [5.74, 6) is -1.93. The van der Waals surface area contributed by atoms with Crippen molar-refractivity contribution >= 4 is 53.0 Å². The highest BCUT2D eigenvalue weighted by atomic mass is 35.5. The van der Waals surface area contributed by atoms with Crippen LogP contribution in [0.4, 0.5) is 14.9 Å². The average molecular weight is 443 g/mol. The molecule has 0 radical (unpaired) electrons. The van der Waals surface area contributed by atoms with Crippen LogP contribution in [0.2, 0.25) is 5.02 Å². The Labute approximate surface area is 179 Å². The van der Waals surface area contributed by atoms with Crippen LogP contribution in [0.3, 0.4) is 0 Å². The van der Waals surface area contributed by atoms with Crippen molar-refractivity contribution in [2.45, 2.75) is 9.99 Å². The van der Waals surface area contributed by atoms with Crippen molar-refractivity contribution < 1.29 is 23.2 Å². The molecule has 0 spiro atoms. The summed E-state index contributed by atoms with van der Waals surface area (Å²) in [5.41, 5.74) is -0.146. The summed E-state index contributed by atoms with van der Waals surface area (Å²) in [6, 6.07) is 14.3. The first-order chi connectivity index (χ1) is 14.4. The fourth-order valence-electron chi connectivity index (χ4n) is 2.71. The number of nitrogens with zero attached hydrogens (tertiary/aromatic N) is 1. The lowest BCUT2D eigenvalue weighted by Gasteiger charge is -2.26. The van der Waals surface area contributed by atoms with Gasteiger partial charge in [0.15, 0.2) is 5.09 Å². The minimum atomic E-state index is -0.910. The van der Waals surface area contributed by atoms with E-state index in [4.69, 9.17) is 16.0 Å². The molecule has 1 saturated heterocycles. The molecular weight excluding hydrogens is 431 g/mol. The molecule has 30 heavy (non-hydrogen) atoms. The van der Waals surface area contributed by atoms with E-state index in [1.54, 1.807) is 24.3 Å². The van der Waals surface area contributed by atoms with Gasteiger partial charge in [-0.3, -0.25) is 14.9 Å². The van der Waals surface area contributed by atoms with Gasteiger partial charge in [-0.25, -0.2) is 14.1 Å². The Bertz CT molecular complexity index is 1170. The van der Waals surface area contributed by atoms with E-state index in [0.717, 1.165) is 21.9 Å². The molecular formula is C21H12ClFN2O4S. The lowest BCUT2D eigenvalue weighted by Crippen LogP contribution is -2.54. The number of benzene rings is 2. The topological polar surface area (TPSA) is 79.6 Å². The number of nitrogens with one attached hydrogen (secondary N) is 1. The van der Waals surface area contributed by atoms with Crippen molar-refractivity contribution in [1.82, 2.24) is 5.32 Å². The van der Waals surface area contributed by atoms with Gasteiger partial charge < -0.3 is 4.42 Å². The number of hydrogen-bond donors (Lipinski definition) is 1. The highest BCUT2D eigenvalue weighted by Gasteiger charge is 2.37. The summed E-state index contributed by atoms with van der Waals surface area (Å²) in [6.45, 7) is 0. The van der Waals surface area contributed by atoms with E-state index in [1.807, 2.05) is 12.1 Å². The van der Waals surface area contributed by atoms with Crippen LogP contribution in [-0.4, -0.2) is 17.8 Å². The van der Waals surface area contributed by atoms with E-state index in [-0.39, 0.29) is 17.0 Å². The number of hydrogen-bond acceptors (Lipinski definition) is 5. The van der Waals surface area contributed by atoms with Gasteiger partial charge in [0, 0.05) is 9.92 Å². The number of carbonyl (C=O) groups excluding carboxylic acids is 3. The van der Waals surface area contributed by atoms with E-state index >= 15 is 0 Å². The standard InChI is InChI=1S/C21H12ClFN2O4S/c22-12-1-8-16(9-2-12)30-18-10-7-15(29-18)11-17-19(26)24-21(28)25(20(17)27)14-5-3-13(23)4-6-14/h1-11H,(H,24,26,28)/b17-11+. The van der Waals surface area contributed by atoms with Crippen molar-refractivity contribution in [3.05, 3.63) is 82.8 Å². The van der Waals surface area contributed by atoms with Gasteiger partial charge in [0.05, 0.1) is 5.69 Å². The maximum atomic E-state index is 13.2. The molecule has 1 N–H and O–H groups in total. The molecule has 4 amide bonds. The second-order valence-corrected chi connectivity index (χ2v) is 7.66. The monoisotopic (exact) mass is 442 g/mol. The Morgan fingerprint density at radius 1 is 0.967 bits per heavy atom. The Morgan fingerprint density at radius 3 is 2.37 bits per heavy atom. The smallest absolute Gasteiger partial charge is 0.335 e. The number of rotatable bonds is 4. The zero-order valence-electron chi connectivity index (χ0n) is 15.1. The molecule has 1 aliphatic rings. The molecule has 1 aliphatic heterocycles. The third-order valence-corrected chi connectivity index (χ3v) is 5.29. The van der Waals surface area contributed by atoms with Crippen LogP contribution in [0.5, 0.6) is 0 Å². The Kier molecular flexibility index (Phi) is 5.43. The molecule has 2 heterocycles. The number of halogens is 2. The molecule has 9 heteroatoms. The van der Waals surface area contributed by atoms with Crippen LogP contribution in [0.15, 0.2) is 80.6 Å². The third kappa shape index (κ3) is 4.14. The molecule has 150 valence electrons. The molecule has 2 aromatic carbocycles. The van der Waals surface area contributed by atoms with Gasteiger partial charge >= 0.3 is 6.03 Å². The lowest BCUT2D eigenvalue weighted by molar-refractivity contribution is -0.122. The van der Waals surface area contributed by atoms with Crippen LogP contribution in [-0.2, 0) is 9.59 Å². The van der Waals surface area contributed by atoms with Crippen LogP contribution in [0, 0.1) is 5.82 Å². The Morgan fingerprint density at radius 2 is 1.67 bits per heavy atom. The van der Waals surface area contributed by atoms with Crippen LogP contribution < -0.4 is 10.2 Å². The van der Waals surface area contributed by atoms with Gasteiger partial charge in [0.25, 0.3) is 11.8 Å². The van der Waals surface area contributed by atoms with E-state index < -0.39 is 23.7 Å². The molecule has 3 aromatic rings. The molecule has 1 fully saturated rings. The fourth-order valence-corrected chi connectivity index (χ4v) is 3.61. The van der Waals surface area contributed by atoms with Crippen molar-refractivity contribution in [3.63, 3.8) is 0 Å². The molecule has 1 aromatic heterocycles. The van der Waals surface area contributed by atoms with Crippen molar-refractivity contribution in [2.75, 3.05) is 4.90 Å². The van der Waals surface area contributed by atoms with Crippen LogP contribution in [0.1, 0.15) is 5.76 Å². The minimum Gasteiger partial charge on any atom is -0.450 e. The average Bonchev–Trinajstić information content (AvgIpc) is 3.15. The van der Waals surface area contributed by atoms with Gasteiger partial charge in [-0.1, -0.05) is 23.4 Å². The minimum absolute atomic E-state index is 0.135. The number of anilines is 1. The number of carbonyl (C=O) groups is 3. The molecule has 0 saturated carbocycles. The zero-order valence-corrected chi connectivity index (χ0v) is 16.7. The van der Waals surface area contributed by atoms with Crippen molar-refractivity contribution in [1.29, 1.82) is 0 Å². The summed E-state index contributed by atoms with van der Waals surface area (Å²) in [6.07, 6.45) is 1.26. The predicted molar refractivity (Wildman–Crippen MR) is 110 cm³/mol.